The van der Waals surface area contributed by atoms with E-state index in [-0.39, 0.29) is 6.61 Å². The Morgan fingerprint density at radius 3 is 2.52 bits per heavy atom. The van der Waals surface area contributed by atoms with Crippen LogP contribution in [-0.4, -0.2) is 63.1 Å². The van der Waals surface area contributed by atoms with Crippen LogP contribution >= 0.6 is 0 Å². The Morgan fingerprint density at radius 2 is 1.90 bits per heavy atom. The molecule has 0 unspecified atom stereocenters. The van der Waals surface area contributed by atoms with Crippen molar-refractivity contribution in [2.45, 2.75) is 44.9 Å². The lowest BCUT2D eigenvalue weighted by molar-refractivity contribution is 0.0544. The molecule has 0 atom stereocenters. The number of likely N-dealkylation sites (N-methyl/N-ethyl adjacent to an activating group) is 1. The Hall–Kier alpha value is -0.160. The molecule has 2 N–H and O–H groups in total. The van der Waals surface area contributed by atoms with Gasteiger partial charge in [-0.25, -0.2) is 0 Å². The number of nitrogens with one attached hydrogen (secondary N) is 1. The zero-order chi connectivity index (χ0) is 15.0. The molecule has 0 aromatic carbocycles. The van der Waals surface area contributed by atoms with Gasteiger partial charge >= 0.3 is 0 Å². The SMILES string of the molecule is CN(CCO)CCOCCNCC1CCC2(CCC2)CC1. The maximum absolute atomic E-state index is 8.79. The molecule has 0 saturated heterocycles. The van der Waals surface area contributed by atoms with Crippen LogP contribution in [0.15, 0.2) is 0 Å². The quantitative estimate of drug-likeness (QED) is 0.605. The molecule has 0 aromatic heterocycles. The molecule has 0 aromatic rings. The molecular formula is C17H34N2O2. The minimum atomic E-state index is 0.223. The number of nitrogens with zero attached hydrogens (tertiary/aromatic N) is 1. The van der Waals surface area contributed by atoms with Crippen molar-refractivity contribution in [3.8, 4) is 0 Å². The van der Waals surface area contributed by atoms with Gasteiger partial charge in [0, 0.05) is 19.6 Å². The van der Waals surface area contributed by atoms with Gasteiger partial charge in [0.25, 0.3) is 0 Å². The lowest BCUT2D eigenvalue weighted by Crippen LogP contribution is -2.37. The summed E-state index contributed by atoms with van der Waals surface area (Å²) in [5, 5.41) is 12.3. The van der Waals surface area contributed by atoms with Crippen molar-refractivity contribution in [1.82, 2.24) is 10.2 Å². The van der Waals surface area contributed by atoms with Gasteiger partial charge in [-0.1, -0.05) is 6.42 Å². The van der Waals surface area contributed by atoms with E-state index in [9.17, 15) is 0 Å². The molecule has 2 saturated carbocycles. The molecule has 0 bridgehead atoms. The fourth-order valence-corrected chi connectivity index (χ4v) is 3.73. The van der Waals surface area contributed by atoms with Gasteiger partial charge in [0.05, 0.1) is 19.8 Å². The van der Waals surface area contributed by atoms with Gasteiger partial charge in [0.15, 0.2) is 0 Å². The predicted molar refractivity (Wildman–Crippen MR) is 86.5 cm³/mol. The van der Waals surface area contributed by atoms with E-state index in [1.165, 1.54) is 51.5 Å². The fraction of sp³-hybridized carbons (Fsp3) is 1.00. The number of aliphatic hydroxyl groups is 1. The average Bonchev–Trinajstić information content (AvgIpc) is 2.45. The topological polar surface area (TPSA) is 44.7 Å². The summed E-state index contributed by atoms with van der Waals surface area (Å²) >= 11 is 0. The Kier molecular flexibility index (Phi) is 7.44. The van der Waals surface area contributed by atoms with E-state index in [4.69, 9.17) is 9.84 Å². The van der Waals surface area contributed by atoms with Gasteiger partial charge in [-0.05, 0) is 63.5 Å². The van der Waals surface area contributed by atoms with Crippen molar-refractivity contribution in [2.24, 2.45) is 11.3 Å². The standard InChI is InChI=1S/C17H34N2O2/c1-19(10-12-20)11-14-21-13-9-18-15-16-3-7-17(8-4-16)5-2-6-17/h16,18,20H,2-15H2,1H3. The summed E-state index contributed by atoms with van der Waals surface area (Å²) in [6, 6.07) is 0. The lowest BCUT2D eigenvalue weighted by Gasteiger charge is -2.47. The molecule has 2 rings (SSSR count). The van der Waals surface area contributed by atoms with Crippen LogP contribution in [0.25, 0.3) is 0 Å². The van der Waals surface area contributed by atoms with E-state index in [1.807, 2.05) is 7.05 Å². The summed E-state index contributed by atoms with van der Waals surface area (Å²) in [5.74, 6) is 0.895. The number of ether oxygens (including phenoxy) is 1. The summed E-state index contributed by atoms with van der Waals surface area (Å²) in [6.07, 6.45) is 10.3. The summed E-state index contributed by atoms with van der Waals surface area (Å²) in [5.41, 5.74) is 0.792. The van der Waals surface area contributed by atoms with Crippen molar-refractivity contribution >= 4 is 0 Å². The van der Waals surface area contributed by atoms with E-state index in [1.54, 1.807) is 0 Å². The molecule has 0 amide bonds. The second-order valence-corrected chi connectivity index (χ2v) is 7.14. The van der Waals surface area contributed by atoms with Crippen molar-refractivity contribution < 1.29 is 9.84 Å². The second-order valence-electron chi connectivity index (χ2n) is 7.14. The maximum Gasteiger partial charge on any atom is 0.0593 e. The van der Waals surface area contributed by atoms with Gasteiger partial charge in [-0.2, -0.15) is 0 Å². The summed E-state index contributed by atoms with van der Waals surface area (Å²) in [4.78, 5) is 2.09. The normalized spacial score (nSPS) is 21.9. The molecule has 4 heteroatoms. The second kappa shape index (κ2) is 9.09. The van der Waals surface area contributed by atoms with Crippen LogP contribution in [0.5, 0.6) is 0 Å². The minimum Gasteiger partial charge on any atom is -0.395 e. The molecule has 2 aliphatic carbocycles. The van der Waals surface area contributed by atoms with E-state index >= 15 is 0 Å². The average molecular weight is 298 g/mol. The van der Waals surface area contributed by atoms with E-state index in [0.717, 1.165) is 44.2 Å². The fourth-order valence-electron chi connectivity index (χ4n) is 3.73. The summed E-state index contributed by atoms with van der Waals surface area (Å²) in [7, 11) is 2.01. The van der Waals surface area contributed by atoms with Crippen LogP contribution < -0.4 is 5.32 Å². The highest BCUT2D eigenvalue weighted by molar-refractivity contribution is 4.92. The predicted octanol–water partition coefficient (Wildman–Crippen LogP) is 1.88. The van der Waals surface area contributed by atoms with E-state index in [0.29, 0.717) is 0 Å². The van der Waals surface area contributed by atoms with Crippen LogP contribution in [0.4, 0.5) is 0 Å². The summed E-state index contributed by atoms with van der Waals surface area (Å²) in [6.45, 7) is 5.53. The first-order chi connectivity index (χ1) is 10.2. The third-order valence-corrected chi connectivity index (χ3v) is 5.54. The van der Waals surface area contributed by atoms with Crippen LogP contribution in [-0.2, 0) is 4.74 Å². The Balaban J connectivity index is 1.39. The van der Waals surface area contributed by atoms with Crippen molar-refractivity contribution in [1.29, 1.82) is 0 Å². The van der Waals surface area contributed by atoms with Gasteiger partial charge < -0.3 is 20.1 Å². The van der Waals surface area contributed by atoms with Crippen LogP contribution in [0.3, 0.4) is 0 Å². The van der Waals surface area contributed by atoms with Gasteiger partial charge in [0.1, 0.15) is 0 Å². The third-order valence-electron chi connectivity index (χ3n) is 5.54. The zero-order valence-corrected chi connectivity index (χ0v) is 13.8. The molecule has 0 aliphatic heterocycles. The van der Waals surface area contributed by atoms with Crippen molar-refractivity contribution in [3.05, 3.63) is 0 Å². The number of rotatable bonds is 10. The van der Waals surface area contributed by atoms with Crippen LogP contribution in [0.2, 0.25) is 0 Å². The minimum absolute atomic E-state index is 0.223. The first-order valence-electron chi connectivity index (χ1n) is 8.82. The van der Waals surface area contributed by atoms with Gasteiger partial charge in [-0.15, -0.1) is 0 Å². The van der Waals surface area contributed by atoms with Crippen LogP contribution in [0.1, 0.15) is 44.9 Å². The number of aliphatic hydroxyl groups excluding tert-OH is 1. The number of hydrogen-bond donors (Lipinski definition) is 2. The molecule has 0 heterocycles. The van der Waals surface area contributed by atoms with Crippen molar-refractivity contribution in [2.75, 3.05) is 53.0 Å². The smallest absolute Gasteiger partial charge is 0.0593 e. The van der Waals surface area contributed by atoms with Crippen molar-refractivity contribution in [3.63, 3.8) is 0 Å². The Morgan fingerprint density at radius 1 is 1.14 bits per heavy atom. The zero-order valence-electron chi connectivity index (χ0n) is 13.8. The molecule has 0 radical (unpaired) electrons. The molecule has 2 aliphatic rings. The Labute approximate surface area is 130 Å². The molecule has 1 spiro atoms. The molecule has 124 valence electrons. The molecular weight excluding hydrogens is 264 g/mol. The first-order valence-corrected chi connectivity index (χ1v) is 8.82. The highest BCUT2D eigenvalue weighted by atomic mass is 16.5. The van der Waals surface area contributed by atoms with E-state index < -0.39 is 0 Å². The lowest BCUT2D eigenvalue weighted by atomic mass is 9.59. The van der Waals surface area contributed by atoms with Gasteiger partial charge in [0.2, 0.25) is 0 Å². The molecule has 4 nitrogen and oxygen atoms in total. The van der Waals surface area contributed by atoms with E-state index in [2.05, 4.69) is 10.2 Å². The Bertz CT molecular complexity index is 272. The maximum atomic E-state index is 8.79. The highest BCUT2D eigenvalue weighted by Gasteiger charge is 2.39. The highest BCUT2D eigenvalue weighted by Crippen LogP contribution is 2.52. The third kappa shape index (κ3) is 5.85. The van der Waals surface area contributed by atoms with Crippen LogP contribution in [0, 0.1) is 11.3 Å². The molecule has 2 fully saturated rings. The van der Waals surface area contributed by atoms with Gasteiger partial charge in [-0.3, -0.25) is 0 Å². The molecule has 21 heavy (non-hydrogen) atoms. The number of hydrogen-bond acceptors (Lipinski definition) is 4. The summed E-state index contributed by atoms with van der Waals surface area (Å²) < 4.78 is 5.61. The largest absolute Gasteiger partial charge is 0.395 e. The first kappa shape index (κ1) is 17.2. The monoisotopic (exact) mass is 298 g/mol.